The summed E-state index contributed by atoms with van der Waals surface area (Å²) in [4.78, 5) is 0. The molecule has 4 heteroatoms. The van der Waals surface area contributed by atoms with Crippen LogP contribution in [0.3, 0.4) is 0 Å². The Balaban J connectivity index is 2.82. The second-order valence-electron chi connectivity index (χ2n) is 3.44. The Morgan fingerprint density at radius 3 is 2.67 bits per heavy atom. The number of ether oxygens (including phenoxy) is 1. The number of hydrogen-bond donors (Lipinski definition) is 1. The third kappa shape index (κ3) is 2.97. The van der Waals surface area contributed by atoms with Crippen LogP contribution < -0.4 is 0 Å². The highest BCUT2D eigenvalue weighted by atomic mass is 19.2. The summed E-state index contributed by atoms with van der Waals surface area (Å²) in [5, 5.41) is 9.64. The Hall–Kier alpha value is -1.00. The van der Waals surface area contributed by atoms with E-state index in [0.29, 0.717) is 0 Å². The lowest BCUT2D eigenvalue weighted by Gasteiger charge is -2.16. The minimum atomic E-state index is -1.05. The average molecular weight is 216 g/mol. The van der Waals surface area contributed by atoms with Gasteiger partial charge in [0.25, 0.3) is 0 Å². The molecular formula is C11H14F2O2. The van der Waals surface area contributed by atoms with Crippen LogP contribution in [0, 0.1) is 11.6 Å². The van der Waals surface area contributed by atoms with Crippen LogP contribution in [-0.4, -0.2) is 18.3 Å². The predicted molar refractivity (Wildman–Crippen MR) is 52.4 cm³/mol. The molecule has 0 aliphatic carbocycles. The number of aliphatic hydroxyl groups is 1. The van der Waals surface area contributed by atoms with Crippen molar-refractivity contribution in [2.45, 2.75) is 25.6 Å². The minimum absolute atomic E-state index is 0.0288. The molecule has 0 aromatic heterocycles. The Kier molecular flexibility index (Phi) is 4.17. The first-order valence-corrected chi connectivity index (χ1v) is 4.71. The fourth-order valence-electron chi connectivity index (χ4n) is 1.32. The quantitative estimate of drug-likeness (QED) is 0.837. The summed E-state index contributed by atoms with van der Waals surface area (Å²) >= 11 is 0. The van der Waals surface area contributed by atoms with Gasteiger partial charge in [-0.25, -0.2) is 8.78 Å². The Morgan fingerprint density at radius 1 is 1.40 bits per heavy atom. The van der Waals surface area contributed by atoms with Crippen molar-refractivity contribution in [3.63, 3.8) is 0 Å². The first kappa shape index (κ1) is 12.1. The van der Waals surface area contributed by atoms with Gasteiger partial charge in [0.15, 0.2) is 11.6 Å². The van der Waals surface area contributed by atoms with E-state index in [1.54, 1.807) is 6.92 Å². The van der Waals surface area contributed by atoms with Crippen molar-refractivity contribution in [3.8, 4) is 0 Å². The first-order valence-electron chi connectivity index (χ1n) is 4.71. The van der Waals surface area contributed by atoms with Crippen molar-refractivity contribution >= 4 is 0 Å². The smallest absolute Gasteiger partial charge is 0.164 e. The van der Waals surface area contributed by atoms with Gasteiger partial charge in [0, 0.05) is 19.1 Å². The largest absolute Gasteiger partial charge is 0.388 e. The maximum absolute atomic E-state index is 13.2. The van der Waals surface area contributed by atoms with Gasteiger partial charge < -0.3 is 9.84 Å². The molecule has 84 valence electrons. The normalized spacial score (nSPS) is 15.0. The monoisotopic (exact) mass is 216 g/mol. The van der Waals surface area contributed by atoms with E-state index in [9.17, 15) is 13.9 Å². The summed E-state index contributed by atoms with van der Waals surface area (Å²) in [6.07, 6.45) is -1.02. The summed E-state index contributed by atoms with van der Waals surface area (Å²) in [5.74, 6) is -1.94. The number of methoxy groups -OCH3 is 1. The third-order valence-electron chi connectivity index (χ3n) is 2.30. The Labute approximate surface area is 87.5 Å². The molecule has 0 heterocycles. The van der Waals surface area contributed by atoms with Gasteiger partial charge in [0.2, 0.25) is 0 Å². The van der Waals surface area contributed by atoms with Crippen LogP contribution in [-0.2, 0) is 4.74 Å². The van der Waals surface area contributed by atoms with E-state index in [4.69, 9.17) is 4.74 Å². The van der Waals surface area contributed by atoms with Gasteiger partial charge in [-0.3, -0.25) is 0 Å². The molecule has 2 atom stereocenters. The number of aliphatic hydroxyl groups excluding tert-OH is 1. The zero-order chi connectivity index (χ0) is 11.4. The first-order chi connectivity index (χ1) is 7.06. The molecule has 0 bridgehead atoms. The van der Waals surface area contributed by atoms with Crippen LogP contribution in [0.1, 0.15) is 25.0 Å². The van der Waals surface area contributed by atoms with Crippen molar-refractivity contribution in [2.24, 2.45) is 0 Å². The highest BCUT2D eigenvalue weighted by Crippen LogP contribution is 2.23. The van der Waals surface area contributed by atoms with Crippen LogP contribution in [0.25, 0.3) is 0 Å². The zero-order valence-corrected chi connectivity index (χ0v) is 8.71. The summed E-state index contributed by atoms with van der Waals surface area (Å²) in [6.45, 7) is 1.75. The number of rotatable bonds is 4. The second-order valence-corrected chi connectivity index (χ2v) is 3.44. The molecule has 1 aromatic rings. The van der Waals surface area contributed by atoms with E-state index in [0.717, 1.165) is 6.07 Å². The molecular weight excluding hydrogens is 202 g/mol. The van der Waals surface area contributed by atoms with E-state index in [1.807, 2.05) is 0 Å². The van der Waals surface area contributed by atoms with Crippen LogP contribution in [0.5, 0.6) is 0 Å². The lowest BCUT2D eigenvalue weighted by molar-refractivity contribution is 0.0543. The molecule has 0 fully saturated rings. The molecule has 0 aliphatic heterocycles. The molecule has 0 amide bonds. The summed E-state index contributed by atoms with van der Waals surface area (Å²) in [6, 6.07) is 3.76. The van der Waals surface area contributed by atoms with Crippen LogP contribution in [0.15, 0.2) is 18.2 Å². The maximum atomic E-state index is 13.2. The standard InChI is InChI=1S/C11H14F2O2/c1-7(15-2)6-10(14)8-4-3-5-9(12)11(8)13/h3-5,7,10,14H,6H2,1-2H3. The fraction of sp³-hybridized carbons (Fsp3) is 0.455. The third-order valence-corrected chi connectivity index (χ3v) is 2.30. The molecule has 0 radical (unpaired) electrons. The van der Waals surface area contributed by atoms with Crippen molar-refractivity contribution in [3.05, 3.63) is 35.4 Å². The number of hydrogen-bond acceptors (Lipinski definition) is 2. The Bertz CT molecular complexity index is 328. The van der Waals surface area contributed by atoms with Crippen molar-refractivity contribution in [1.82, 2.24) is 0 Å². The van der Waals surface area contributed by atoms with Crippen molar-refractivity contribution < 1.29 is 18.6 Å². The second kappa shape index (κ2) is 5.19. The maximum Gasteiger partial charge on any atom is 0.164 e. The Morgan fingerprint density at radius 2 is 2.07 bits per heavy atom. The molecule has 1 rings (SSSR count). The van der Waals surface area contributed by atoms with Crippen molar-refractivity contribution in [1.29, 1.82) is 0 Å². The van der Waals surface area contributed by atoms with Crippen LogP contribution in [0.2, 0.25) is 0 Å². The van der Waals surface area contributed by atoms with Gasteiger partial charge in [-0.1, -0.05) is 12.1 Å². The molecule has 0 saturated carbocycles. The highest BCUT2D eigenvalue weighted by molar-refractivity contribution is 5.21. The summed E-state index contributed by atoms with van der Waals surface area (Å²) < 4.78 is 31.0. The fourth-order valence-corrected chi connectivity index (χ4v) is 1.32. The molecule has 0 saturated heterocycles. The van der Waals surface area contributed by atoms with Gasteiger partial charge in [0.1, 0.15) is 0 Å². The lowest BCUT2D eigenvalue weighted by atomic mass is 10.0. The predicted octanol–water partition coefficient (Wildman–Crippen LogP) is 2.42. The number of benzene rings is 1. The summed E-state index contributed by atoms with van der Waals surface area (Å²) in [7, 11) is 1.50. The van der Waals surface area contributed by atoms with E-state index in [1.165, 1.54) is 19.2 Å². The topological polar surface area (TPSA) is 29.5 Å². The summed E-state index contributed by atoms with van der Waals surface area (Å²) in [5.41, 5.74) is -0.0288. The number of halogens is 2. The molecule has 0 spiro atoms. The lowest BCUT2D eigenvalue weighted by Crippen LogP contribution is -2.12. The molecule has 0 aliphatic rings. The average Bonchev–Trinajstić information content (AvgIpc) is 2.21. The van der Waals surface area contributed by atoms with Crippen LogP contribution >= 0.6 is 0 Å². The zero-order valence-electron chi connectivity index (χ0n) is 8.71. The molecule has 2 nitrogen and oxygen atoms in total. The highest BCUT2D eigenvalue weighted by Gasteiger charge is 2.17. The van der Waals surface area contributed by atoms with Gasteiger partial charge in [-0.15, -0.1) is 0 Å². The van der Waals surface area contributed by atoms with E-state index in [2.05, 4.69) is 0 Å². The van der Waals surface area contributed by atoms with Gasteiger partial charge >= 0.3 is 0 Å². The molecule has 1 aromatic carbocycles. The van der Waals surface area contributed by atoms with Crippen LogP contribution in [0.4, 0.5) is 8.78 Å². The molecule has 1 N–H and O–H groups in total. The molecule has 2 unspecified atom stereocenters. The van der Waals surface area contributed by atoms with Gasteiger partial charge in [-0.05, 0) is 13.0 Å². The van der Waals surface area contributed by atoms with Gasteiger partial charge in [0.05, 0.1) is 12.2 Å². The van der Waals surface area contributed by atoms with E-state index >= 15 is 0 Å². The van der Waals surface area contributed by atoms with Gasteiger partial charge in [-0.2, -0.15) is 0 Å². The van der Waals surface area contributed by atoms with E-state index in [-0.39, 0.29) is 18.1 Å². The minimum Gasteiger partial charge on any atom is -0.388 e. The van der Waals surface area contributed by atoms with Crippen molar-refractivity contribution in [2.75, 3.05) is 7.11 Å². The molecule has 15 heavy (non-hydrogen) atoms. The SMILES string of the molecule is COC(C)CC(O)c1cccc(F)c1F. The van der Waals surface area contributed by atoms with E-state index < -0.39 is 17.7 Å².